The van der Waals surface area contributed by atoms with Crippen molar-refractivity contribution in [1.82, 2.24) is 9.88 Å². The monoisotopic (exact) mass is 385 g/mol. The number of morpholine rings is 1. The number of hydrogen-bond donors (Lipinski definition) is 0. The zero-order valence-electron chi connectivity index (χ0n) is 15.3. The molecule has 4 rings (SSSR count). The molecule has 1 amide bonds. The first-order valence-electron chi connectivity index (χ1n) is 9.51. The van der Waals surface area contributed by atoms with E-state index in [4.69, 9.17) is 16.3 Å². The number of carbonyl (C=O) groups is 1. The maximum absolute atomic E-state index is 12.5. The molecule has 3 heterocycles. The van der Waals surface area contributed by atoms with E-state index >= 15 is 0 Å². The van der Waals surface area contributed by atoms with Crippen molar-refractivity contribution in [2.24, 2.45) is 5.92 Å². The van der Waals surface area contributed by atoms with Gasteiger partial charge in [0.05, 0.1) is 18.8 Å². The topological polar surface area (TPSA) is 45.7 Å². The molecule has 5 nitrogen and oxygen atoms in total. The van der Waals surface area contributed by atoms with Gasteiger partial charge in [-0.15, -0.1) is 0 Å². The van der Waals surface area contributed by atoms with Crippen LogP contribution < -0.4 is 4.90 Å². The summed E-state index contributed by atoms with van der Waals surface area (Å²) in [4.78, 5) is 21.2. The number of nitrogens with zero attached hydrogens (tertiary/aromatic N) is 3. The van der Waals surface area contributed by atoms with Gasteiger partial charge in [0.25, 0.3) is 5.91 Å². The molecule has 2 aliphatic rings. The highest BCUT2D eigenvalue weighted by atomic mass is 35.5. The maximum atomic E-state index is 12.5. The number of rotatable bonds is 4. The molecule has 6 heteroatoms. The fraction of sp³-hybridized carbons (Fsp3) is 0.429. The Kier molecular flexibility index (Phi) is 5.60. The van der Waals surface area contributed by atoms with Gasteiger partial charge in [-0.1, -0.05) is 23.7 Å². The molecule has 1 aromatic carbocycles. The Morgan fingerprint density at radius 1 is 1.11 bits per heavy atom. The first-order chi connectivity index (χ1) is 13.2. The Balaban J connectivity index is 1.35. The van der Waals surface area contributed by atoms with Crippen LogP contribution in [0.2, 0.25) is 5.02 Å². The van der Waals surface area contributed by atoms with E-state index in [9.17, 15) is 4.79 Å². The average molecular weight is 386 g/mol. The quantitative estimate of drug-likeness (QED) is 0.810. The van der Waals surface area contributed by atoms with Gasteiger partial charge in [-0.25, -0.2) is 4.98 Å². The zero-order valence-corrected chi connectivity index (χ0v) is 16.1. The molecule has 1 atom stereocenters. The van der Waals surface area contributed by atoms with Crippen LogP contribution in [0.25, 0.3) is 0 Å². The van der Waals surface area contributed by atoms with Crippen molar-refractivity contribution in [3.63, 3.8) is 0 Å². The van der Waals surface area contributed by atoms with E-state index in [2.05, 4.69) is 22.0 Å². The lowest BCUT2D eigenvalue weighted by atomic mass is 9.99. The second-order valence-corrected chi connectivity index (χ2v) is 7.68. The van der Waals surface area contributed by atoms with Crippen LogP contribution in [-0.2, 0) is 11.2 Å². The number of anilines is 1. The second kappa shape index (κ2) is 8.28. The second-order valence-electron chi connectivity index (χ2n) is 7.24. The van der Waals surface area contributed by atoms with Crippen LogP contribution in [-0.4, -0.2) is 55.2 Å². The summed E-state index contributed by atoms with van der Waals surface area (Å²) in [6.45, 7) is 4.52. The van der Waals surface area contributed by atoms with Crippen molar-refractivity contribution >= 4 is 23.3 Å². The molecule has 27 heavy (non-hydrogen) atoms. The summed E-state index contributed by atoms with van der Waals surface area (Å²) in [5.74, 6) is 1.61. The van der Waals surface area contributed by atoms with Crippen molar-refractivity contribution in [2.45, 2.75) is 12.8 Å². The minimum atomic E-state index is 0.0411. The number of hydrogen-bond acceptors (Lipinski definition) is 4. The van der Waals surface area contributed by atoms with Gasteiger partial charge in [0.2, 0.25) is 0 Å². The molecule has 0 bridgehead atoms. The molecular formula is C21H24ClN3O2. The van der Waals surface area contributed by atoms with E-state index in [-0.39, 0.29) is 5.91 Å². The van der Waals surface area contributed by atoms with Crippen LogP contribution in [0, 0.1) is 5.92 Å². The van der Waals surface area contributed by atoms with E-state index in [0.717, 1.165) is 36.8 Å². The van der Waals surface area contributed by atoms with Crippen LogP contribution in [0.15, 0.2) is 42.6 Å². The summed E-state index contributed by atoms with van der Waals surface area (Å²) < 4.78 is 5.31. The summed E-state index contributed by atoms with van der Waals surface area (Å²) >= 11 is 5.97. The van der Waals surface area contributed by atoms with Crippen molar-refractivity contribution in [3.8, 4) is 0 Å². The van der Waals surface area contributed by atoms with Gasteiger partial charge in [0, 0.05) is 37.4 Å². The van der Waals surface area contributed by atoms with Crippen LogP contribution in [0.3, 0.4) is 0 Å². The first kappa shape index (κ1) is 18.3. The lowest BCUT2D eigenvalue weighted by Gasteiger charge is -2.27. The van der Waals surface area contributed by atoms with Gasteiger partial charge in [0.15, 0.2) is 0 Å². The van der Waals surface area contributed by atoms with Gasteiger partial charge in [-0.2, -0.15) is 0 Å². The number of halogens is 1. The Labute approximate surface area is 164 Å². The fourth-order valence-corrected chi connectivity index (χ4v) is 3.94. The predicted octanol–water partition coefficient (Wildman–Crippen LogP) is 3.28. The Morgan fingerprint density at radius 2 is 1.89 bits per heavy atom. The van der Waals surface area contributed by atoms with Crippen molar-refractivity contribution in [1.29, 1.82) is 0 Å². The molecule has 0 radical (unpaired) electrons. The van der Waals surface area contributed by atoms with E-state index in [1.807, 2.05) is 29.2 Å². The highest BCUT2D eigenvalue weighted by molar-refractivity contribution is 6.30. The molecule has 2 saturated heterocycles. The molecule has 142 valence electrons. The summed E-state index contributed by atoms with van der Waals surface area (Å²) in [5.41, 5.74) is 1.98. The minimum Gasteiger partial charge on any atom is -0.378 e. The molecule has 1 aromatic heterocycles. The lowest BCUT2D eigenvalue weighted by molar-refractivity contribution is 0.0302. The highest BCUT2D eigenvalue weighted by Crippen LogP contribution is 2.25. The van der Waals surface area contributed by atoms with Gasteiger partial charge in [0.1, 0.15) is 5.82 Å². The summed E-state index contributed by atoms with van der Waals surface area (Å²) in [6.07, 6.45) is 3.92. The smallest absolute Gasteiger partial charge is 0.255 e. The molecule has 0 saturated carbocycles. The Bertz CT molecular complexity index is 773. The van der Waals surface area contributed by atoms with Crippen molar-refractivity contribution < 1.29 is 9.53 Å². The number of benzene rings is 1. The third kappa shape index (κ3) is 4.42. The molecule has 1 unspecified atom stereocenters. The number of aromatic nitrogens is 1. The Hall–Kier alpha value is -2.11. The molecule has 2 fully saturated rings. The molecule has 0 aliphatic carbocycles. The first-order valence-corrected chi connectivity index (χ1v) is 9.89. The standard InChI is InChI=1S/C21H24ClN3O2/c22-19-4-1-16(2-5-19)13-17-7-8-25(15-17)20-6-3-18(14-23-20)21(26)24-9-11-27-12-10-24/h1-6,14,17H,7-13,15H2. The summed E-state index contributed by atoms with van der Waals surface area (Å²) in [7, 11) is 0. The summed E-state index contributed by atoms with van der Waals surface area (Å²) in [5, 5.41) is 0.780. The van der Waals surface area contributed by atoms with E-state index < -0.39 is 0 Å². The molecule has 2 aromatic rings. The number of amides is 1. The van der Waals surface area contributed by atoms with Crippen LogP contribution >= 0.6 is 11.6 Å². The van der Waals surface area contributed by atoms with Crippen molar-refractivity contribution in [3.05, 3.63) is 58.7 Å². The average Bonchev–Trinajstić information content (AvgIpc) is 3.18. The largest absolute Gasteiger partial charge is 0.378 e. The van der Waals surface area contributed by atoms with Crippen LogP contribution in [0.1, 0.15) is 22.3 Å². The normalized spacial score (nSPS) is 20.1. The fourth-order valence-electron chi connectivity index (χ4n) is 3.81. The van der Waals surface area contributed by atoms with E-state index in [1.54, 1.807) is 6.20 Å². The molecule has 0 spiro atoms. The molecular weight excluding hydrogens is 362 g/mol. The number of carbonyl (C=O) groups excluding carboxylic acids is 1. The highest BCUT2D eigenvalue weighted by Gasteiger charge is 2.24. The van der Waals surface area contributed by atoms with Crippen molar-refractivity contribution in [2.75, 3.05) is 44.3 Å². The maximum Gasteiger partial charge on any atom is 0.255 e. The van der Waals surface area contributed by atoms with E-state index in [0.29, 0.717) is 37.8 Å². The number of pyridine rings is 1. The molecule has 2 aliphatic heterocycles. The SMILES string of the molecule is O=C(c1ccc(N2CCC(Cc3ccc(Cl)cc3)C2)nc1)N1CCOCC1. The third-order valence-corrected chi connectivity index (χ3v) is 5.59. The Morgan fingerprint density at radius 3 is 2.59 bits per heavy atom. The van der Waals surface area contributed by atoms with Gasteiger partial charge in [-0.3, -0.25) is 4.79 Å². The zero-order chi connectivity index (χ0) is 18.6. The molecule has 0 N–H and O–H groups in total. The minimum absolute atomic E-state index is 0.0411. The predicted molar refractivity (Wildman–Crippen MR) is 106 cm³/mol. The van der Waals surface area contributed by atoms with Crippen LogP contribution in [0.4, 0.5) is 5.82 Å². The van der Waals surface area contributed by atoms with Gasteiger partial charge >= 0.3 is 0 Å². The van der Waals surface area contributed by atoms with Gasteiger partial charge < -0.3 is 14.5 Å². The summed E-state index contributed by atoms with van der Waals surface area (Å²) in [6, 6.07) is 12.0. The van der Waals surface area contributed by atoms with Crippen LogP contribution in [0.5, 0.6) is 0 Å². The van der Waals surface area contributed by atoms with Gasteiger partial charge in [-0.05, 0) is 48.6 Å². The third-order valence-electron chi connectivity index (χ3n) is 5.34. The lowest BCUT2D eigenvalue weighted by Crippen LogP contribution is -2.40. The van der Waals surface area contributed by atoms with E-state index in [1.165, 1.54) is 5.56 Å². The number of ether oxygens (including phenoxy) is 1.